The Morgan fingerprint density at radius 2 is 2.46 bits per heavy atom. The molecule has 1 fully saturated rings. The number of likely N-dealkylation sites (N-methyl/N-ethyl adjacent to an activating group) is 1. The first-order valence-electron chi connectivity index (χ1n) is 4.48. The van der Waals surface area contributed by atoms with Gasteiger partial charge in [0.1, 0.15) is 0 Å². The normalized spacial score (nSPS) is 29.8. The molecule has 13 heavy (non-hydrogen) atoms. The van der Waals surface area contributed by atoms with Gasteiger partial charge in [0.15, 0.2) is 5.76 Å². The number of aliphatic hydroxyl groups is 1. The summed E-state index contributed by atoms with van der Waals surface area (Å²) in [6.07, 6.45) is 0.505. The number of aryl methyl sites for hydroxylation is 1. The highest BCUT2D eigenvalue weighted by Gasteiger charge is 2.31. The summed E-state index contributed by atoms with van der Waals surface area (Å²) in [5, 5.41) is 13.3. The molecule has 0 unspecified atom stereocenters. The van der Waals surface area contributed by atoms with E-state index in [4.69, 9.17) is 4.52 Å². The van der Waals surface area contributed by atoms with Crippen molar-refractivity contribution in [3.63, 3.8) is 0 Å². The first-order chi connectivity index (χ1) is 6.16. The van der Waals surface area contributed by atoms with Gasteiger partial charge < -0.3 is 9.63 Å². The lowest BCUT2D eigenvalue weighted by molar-refractivity contribution is 0.182. The lowest BCUT2D eigenvalue weighted by Crippen LogP contribution is -2.18. The van der Waals surface area contributed by atoms with E-state index < -0.39 is 0 Å². The molecule has 2 rings (SSSR count). The second kappa shape index (κ2) is 3.12. The van der Waals surface area contributed by atoms with Gasteiger partial charge in [0.05, 0.1) is 17.8 Å². The van der Waals surface area contributed by atoms with Crippen molar-refractivity contribution in [1.82, 2.24) is 10.1 Å². The molecule has 1 aliphatic rings. The van der Waals surface area contributed by atoms with Crippen LogP contribution in [0.25, 0.3) is 0 Å². The second-order valence-electron chi connectivity index (χ2n) is 3.72. The van der Waals surface area contributed by atoms with Crippen LogP contribution in [0, 0.1) is 6.92 Å². The maximum atomic E-state index is 9.43. The molecule has 1 N–H and O–H groups in total. The van der Waals surface area contributed by atoms with Crippen molar-refractivity contribution < 1.29 is 9.63 Å². The van der Waals surface area contributed by atoms with Crippen LogP contribution in [0.3, 0.4) is 0 Å². The fraction of sp³-hybridized carbons (Fsp3) is 0.667. The van der Waals surface area contributed by atoms with E-state index in [-0.39, 0.29) is 12.1 Å². The van der Waals surface area contributed by atoms with Crippen molar-refractivity contribution in [3.05, 3.63) is 17.5 Å². The zero-order valence-electron chi connectivity index (χ0n) is 7.90. The molecule has 0 bridgehead atoms. The van der Waals surface area contributed by atoms with E-state index in [1.807, 2.05) is 20.0 Å². The van der Waals surface area contributed by atoms with E-state index in [0.717, 1.165) is 17.9 Å². The highest BCUT2D eigenvalue weighted by molar-refractivity contribution is 5.10. The zero-order valence-corrected chi connectivity index (χ0v) is 7.90. The average molecular weight is 182 g/mol. The van der Waals surface area contributed by atoms with E-state index in [2.05, 4.69) is 10.1 Å². The Hall–Kier alpha value is -0.870. The molecule has 1 aromatic rings. The van der Waals surface area contributed by atoms with Gasteiger partial charge in [-0.25, -0.2) is 0 Å². The molecule has 4 nitrogen and oxygen atoms in total. The first kappa shape index (κ1) is 8.72. The Bertz CT molecular complexity index is 298. The van der Waals surface area contributed by atoms with E-state index in [1.165, 1.54) is 0 Å². The Kier molecular flexibility index (Phi) is 2.09. The SMILES string of the molecule is Cc1cc([C@H]2C[C@H](O)CN2C)on1. The van der Waals surface area contributed by atoms with Crippen LogP contribution in [0.1, 0.15) is 23.9 Å². The van der Waals surface area contributed by atoms with Crippen molar-refractivity contribution in [2.75, 3.05) is 13.6 Å². The third-order valence-electron chi connectivity index (χ3n) is 2.50. The topological polar surface area (TPSA) is 49.5 Å². The van der Waals surface area contributed by atoms with E-state index >= 15 is 0 Å². The summed E-state index contributed by atoms with van der Waals surface area (Å²) < 4.78 is 5.16. The van der Waals surface area contributed by atoms with Crippen LogP contribution in [0.2, 0.25) is 0 Å². The number of rotatable bonds is 1. The largest absolute Gasteiger partial charge is 0.392 e. The number of β-amino-alcohol motifs (C(OH)–C–C–N with tert-alkyl or cyclic N) is 1. The highest BCUT2D eigenvalue weighted by atomic mass is 16.5. The van der Waals surface area contributed by atoms with Crippen molar-refractivity contribution in [2.24, 2.45) is 0 Å². The summed E-state index contributed by atoms with van der Waals surface area (Å²) in [4.78, 5) is 2.09. The van der Waals surface area contributed by atoms with Gasteiger partial charge in [0.2, 0.25) is 0 Å². The van der Waals surface area contributed by atoms with E-state index in [1.54, 1.807) is 0 Å². The minimum absolute atomic E-state index is 0.191. The third-order valence-corrected chi connectivity index (χ3v) is 2.50. The van der Waals surface area contributed by atoms with Crippen LogP contribution in [-0.2, 0) is 0 Å². The predicted octanol–water partition coefficient (Wildman–Crippen LogP) is 0.721. The van der Waals surface area contributed by atoms with Gasteiger partial charge in [0, 0.05) is 12.6 Å². The van der Waals surface area contributed by atoms with Gasteiger partial charge >= 0.3 is 0 Å². The Balaban J connectivity index is 2.17. The van der Waals surface area contributed by atoms with Crippen LogP contribution in [0.15, 0.2) is 10.6 Å². The molecule has 0 spiro atoms. The fourth-order valence-corrected chi connectivity index (χ4v) is 1.85. The maximum absolute atomic E-state index is 9.43. The third kappa shape index (κ3) is 1.59. The molecule has 0 aliphatic carbocycles. The van der Waals surface area contributed by atoms with Gasteiger partial charge in [-0.15, -0.1) is 0 Å². The van der Waals surface area contributed by atoms with Gasteiger partial charge in [-0.1, -0.05) is 5.16 Å². The van der Waals surface area contributed by atoms with Gasteiger partial charge in [0.25, 0.3) is 0 Å². The molecule has 2 heterocycles. The summed E-state index contributed by atoms with van der Waals surface area (Å²) in [7, 11) is 1.98. The smallest absolute Gasteiger partial charge is 0.154 e. The van der Waals surface area contributed by atoms with Crippen LogP contribution in [0.4, 0.5) is 0 Å². The Labute approximate surface area is 77.1 Å². The molecule has 0 amide bonds. The lowest BCUT2D eigenvalue weighted by Gasteiger charge is -2.14. The standard InChI is InChI=1S/C9H14N2O2/c1-6-3-9(13-10-6)8-4-7(12)5-11(8)2/h3,7-8,12H,4-5H2,1-2H3/t7-,8+/m0/s1. The van der Waals surface area contributed by atoms with Gasteiger partial charge in [-0.3, -0.25) is 4.90 Å². The summed E-state index contributed by atoms with van der Waals surface area (Å²) in [5.41, 5.74) is 0.893. The van der Waals surface area contributed by atoms with Crippen molar-refractivity contribution in [1.29, 1.82) is 0 Å². The summed E-state index contributed by atoms with van der Waals surface area (Å²) in [5.74, 6) is 0.858. The molecule has 1 aromatic heterocycles. The van der Waals surface area contributed by atoms with E-state index in [9.17, 15) is 5.11 Å². The second-order valence-corrected chi connectivity index (χ2v) is 3.72. The van der Waals surface area contributed by atoms with Crippen LogP contribution < -0.4 is 0 Å². The molecule has 0 saturated carbocycles. The Morgan fingerprint density at radius 3 is 2.92 bits per heavy atom. The molecule has 1 aliphatic heterocycles. The highest BCUT2D eigenvalue weighted by Crippen LogP contribution is 2.30. The van der Waals surface area contributed by atoms with Gasteiger partial charge in [-0.05, 0) is 20.4 Å². The van der Waals surface area contributed by atoms with E-state index in [0.29, 0.717) is 6.54 Å². The number of nitrogens with zero attached hydrogens (tertiary/aromatic N) is 2. The number of hydrogen-bond donors (Lipinski definition) is 1. The monoisotopic (exact) mass is 182 g/mol. The van der Waals surface area contributed by atoms with Crippen LogP contribution in [0.5, 0.6) is 0 Å². The zero-order chi connectivity index (χ0) is 9.42. The summed E-state index contributed by atoms with van der Waals surface area (Å²) >= 11 is 0. The van der Waals surface area contributed by atoms with Crippen molar-refractivity contribution >= 4 is 0 Å². The lowest BCUT2D eigenvalue weighted by atomic mass is 10.1. The summed E-state index contributed by atoms with van der Waals surface area (Å²) in [6, 6.07) is 2.12. The summed E-state index contributed by atoms with van der Waals surface area (Å²) in [6.45, 7) is 2.61. The molecule has 72 valence electrons. The maximum Gasteiger partial charge on any atom is 0.154 e. The van der Waals surface area contributed by atoms with Crippen LogP contribution >= 0.6 is 0 Å². The molecule has 0 radical (unpaired) electrons. The number of aromatic nitrogens is 1. The minimum Gasteiger partial charge on any atom is -0.392 e. The minimum atomic E-state index is -0.236. The average Bonchev–Trinajstić information content (AvgIpc) is 2.58. The molecular formula is C9H14N2O2. The van der Waals surface area contributed by atoms with Crippen molar-refractivity contribution in [3.8, 4) is 0 Å². The molecular weight excluding hydrogens is 168 g/mol. The molecule has 0 aromatic carbocycles. The Morgan fingerprint density at radius 1 is 1.69 bits per heavy atom. The van der Waals surface area contributed by atoms with Crippen LogP contribution in [-0.4, -0.2) is 34.9 Å². The predicted molar refractivity (Wildman–Crippen MR) is 47.2 cm³/mol. The van der Waals surface area contributed by atoms with Gasteiger partial charge in [-0.2, -0.15) is 0 Å². The fourth-order valence-electron chi connectivity index (χ4n) is 1.85. The number of likely N-dealkylation sites (tertiary alicyclic amines) is 1. The molecule has 4 heteroatoms. The van der Waals surface area contributed by atoms with Crippen molar-refractivity contribution in [2.45, 2.75) is 25.5 Å². The molecule has 1 saturated heterocycles. The number of hydrogen-bond acceptors (Lipinski definition) is 4. The first-order valence-corrected chi connectivity index (χ1v) is 4.48. The number of aliphatic hydroxyl groups excluding tert-OH is 1. The molecule has 2 atom stereocenters. The quantitative estimate of drug-likeness (QED) is 0.695.